The number of nitrogens with zero attached hydrogens (tertiary/aromatic N) is 2. The number of hydrogen-bond acceptors (Lipinski definition) is 5. The molecular formula is C13H12N4O2S. The molecule has 0 radical (unpaired) electrons. The average Bonchev–Trinajstić information content (AvgIpc) is 2.47. The van der Waals surface area contributed by atoms with E-state index in [0.717, 1.165) is 11.6 Å². The number of H-pyrrole nitrogens is 1. The van der Waals surface area contributed by atoms with Gasteiger partial charge in [-0.3, -0.25) is 9.59 Å². The lowest BCUT2D eigenvalue weighted by Gasteiger charge is -2.00. The van der Waals surface area contributed by atoms with E-state index in [9.17, 15) is 9.59 Å². The summed E-state index contributed by atoms with van der Waals surface area (Å²) in [6, 6.07) is 10.5. The van der Waals surface area contributed by atoms with Crippen LogP contribution in [0.2, 0.25) is 0 Å². The fourth-order valence-electron chi connectivity index (χ4n) is 1.41. The third kappa shape index (κ3) is 3.79. The number of amides is 1. The Morgan fingerprint density at radius 3 is 2.85 bits per heavy atom. The third-order valence-electron chi connectivity index (χ3n) is 2.33. The van der Waals surface area contributed by atoms with Crippen molar-refractivity contribution < 1.29 is 4.79 Å². The Morgan fingerprint density at radius 1 is 1.40 bits per heavy atom. The predicted octanol–water partition coefficient (Wildman–Crippen LogP) is 1.26. The molecule has 0 saturated heterocycles. The van der Waals surface area contributed by atoms with Crippen LogP contribution in [0, 0.1) is 0 Å². The molecule has 1 amide bonds. The maximum atomic E-state index is 11.8. The van der Waals surface area contributed by atoms with Crippen LogP contribution in [0.3, 0.4) is 0 Å². The highest BCUT2D eigenvalue weighted by molar-refractivity contribution is 7.98. The highest BCUT2D eigenvalue weighted by Crippen LogP contribution is 2.05. The van der Waals surface area contributed by atoms with Gasteiger partial charge in [0.1, 0.15) is 5.69 Å². The fraction of sp³-hybridized carbons (Fsp3) is 0.0769. The van der Waals surface area contributed by atoms with Gasteiger partial charge in [-0.05, 0) is 11.8 Å². The van der Waals surface area contributed by atoms with E-state index in [0.29, 0.717) is 5.16 Å². The second-order valence-corrected chi connectivity index (χ2v) is 4.54. The quantitative estimate of drug-likeness (QED) is 0.384. The smallest absolute Gasteiger partial charge is 0.290 e. The number of benzene rings is 1. The Bertz CT molecular complexity index is 682. The SMILES string of the molecule is CSc1nc(C(=O)NN=Cc2ccccc2)cc(=O)[nH]1. The van der Waals surface area contributed by atoms with Crippen LogP contribution in [0.25, 0.3) is 0 Å². The first-order valence-corrected chi connectivity index (χ1v) is 6.95. The average molecular weight is 288 g/mol. The van der Waals surface area contributed by atoms with Gasteiger partial charge in [-0.25, -0.2) is 10.4 Å². The molecule has 1 aromatic heterocycles. The third-order valence-corrected chi connectivity index (χ3v) is 2.91. The van der Waals surface area contributed by atoms with E-state index in [1.165, 1.54) is 18.0 Å². The van der Waals surface area contributed by atoms with Crippen LogP contribution in [0.5, 0.6) is 0 Å². The summed E-state index contributed by atoms with van der Waals surface area (Å²) in [5.41, 5.74) is 2.85. The Labute approximate surface area is 119 Å². The number of aromatic nitrogens is 2. The largest absolute Gasteiger partial charge is 0.301 e. The molecule has 1 heterocycles. The molecule has 0 saturated carbocycles. The first kappa shape index (κ1) is 14.0. The van der Waals surface area contributed by atoms with Crippen molar-refractivity contribution in [3.8, 4) is 0 Å². The summed E-state index contributed by atoms with van der Waals surface area (Å²) in [6.07, 6.45) is 3.27. The van der Waals surface area contributed by atoms with Crippen LogP contribution in [0.15, 0.2) is 51.5 Å². The maximum absolute atomic E-state index is 11.8. The lowest BCUT2D eigenvalue weighted by molar-refractivity contribution is 0.0949. The van der Waals surface area contributed by atoms with Gasteiger partial charge in [-0.1, -0.05) is 42.1 Å². The zero-order valence-corrected chi connectivity index (χ0v) is 11.5. The van der Waals surface area contributed by atoms with Gasteiger partial charge >= 0.3 is 0 Å². The highest BCUT2D eigenvalue weighted by atomic mass is 32.2. The number of rotatable bonds is 4. The second-order valence-electron chi connectivity index (χ2n) is 3.75. The van der Waals surface area contributed by atoms with Gasteiger partial charge in [0.2, 0.25) is 0 Å². The van der Waals surface area contributed by atoms with E-state index < -0.39 is 5.91 Å². The highest BCUT2D eigenvalue weighted by Gasteiger charge is 2.08. The fourth-order valence-corrected chi connectivity index (χ4v) is 1.80. The van der Waals surface area contributed by atoms with Gasteiger partial charge < -0.3 is 4.98 Å². The molecule has 2 rings (SSSR count). The minimum atomic E-state index is -0.529. The van der Waals surface area contributed by atoms with Crippen molar-refractivity contribution in [2.75, 3.05) is 6.26 Å². The number of aromatic amines is 1. The molecule has 0 aliphatic rings. The minimum Gasteiger partial charge on any atom is -0.301 e. The summed E-state index contributed by atoms with van der Waals surface area (Å²) >= 11 is 1.25. The number of carbonyl (C=O) groups is 1. The lowest BCUT2D eigenvalue weighted by Crippen LogP contribution is -2.22. The van der Waals surface area contributed by atoms with Crippen molar-refractivity contribution in [2.45, 2.75) is 5.16 Å². The summed E-state index contributed by atoms with van der Waals surface area (Å²) in [5.74, 6) is -0.529. The molecule has 0 bridgehead atoms. The standard InChI is InChI=1S/C13H12N4O2S/c1-20-13-15-10(7-11(18)16-13)12(19)17-14-8-9-5-3-2-4-6-9/h2-8H,1H3,(H,17,19)(H,15,16,18). The van der Waals surface area contributed by atoms with Gasteiger partial charge in [-0.15, -0.1) is 0 Å². The molecule has 0 aliphatic carbocycles. The van der Waals surface area contributed by atoms with Gasteiger partial charge in [-0.2, -0.15) is 5.10 Å². The van der Waals surface area contributed by atoms with Crippen molar-refractivity contribution in [3.05, 3.63) is 58.0 Å². The summed E-state index contributed by atoms with van der Waals surface area (Å²) < 4.78 is 0. The van der Waals surface area contributed by atoms with Gasteiger partial charge in [0.05, 0.1) is 6.21 Å². The van der Waals surface area contributed by atoms with Crippen LogP contribution in [0.4, 0.5) is 0 Å². The Hall–Kier alpha value is -2.41. The second kappa shape index (κ2) is 6.67. The van der Waals surface area contributed by atoms with E-state index >= 15 is 0 Å². The molecule has 0 unspecified atom stereocenters. The van der Waals surface area contributed by atoms with Crippen molar-refractivity contribution in [1.82, 2.24) is 15.4 Å². The molecule has 1 aromatic carbocycles. The predicted molar refractivity (Wildman–Crippen MR) is 78.1 cm³/mol. The van der Waals surface area contributed by atoms with E-state index in [2.05, 4.69) is 20.5 Å². The van der Waals surface area contributed by atoms with Crippen LogP contribution in [-0.2, 0) is 0 Å². The van der Waals surface area contributed by atoms with Crippen molar-refractivity contribution in [1.29, 1.82) is 0 Å². The van der Waals surface area contributed by atoms with E-state index in [-0.39, 0.29) is 11.3 Å². The van der Waals surface area contributed by atoms with Gasteiger partial charge in [0.15, 0.2) is 5.16 Å². The number of hydrazone groups is 1. The summed E-state index contributed by atoms with van der Waals surface area (Å²) in [6.45, 7) is 0. The van der Waals surface area contributed by atoms with E-state index in [4.69, 9.17) is 0 Å². The number of thioether (sulfide) groups is 1. The monoisotopic (exact) mass is 288 g/mol. The molecule has 7 heteroatoms. The number of nitrogens with one attached hydrogen (secondary N) is 2. The molecule has 0 fully saturated rings. The Balaban J connectivity index is 2.07. The van der Waals surface area contributed by atoms with Crippen LogP contribution < -0.4 is 11.0 Å². The van der Waals surface area contributed by atoms with Gasteiger partial charge in [0, 0.05) is 6.07 Å². The molecule has 102 valence electrons. The van der Waals surface area contributed by atoms with Gasteiger partial charge in [0.25, 0.3) is 11.5 Å². The Kier molecular flexibility index (Phi) is 4.67. The first-order chi connectivity index (χ1) is 9.69. The molecular weight excluding hydrogens is 276 g/mol. The zero-order valence-electron chi connectivity index (χ0n) is 10.7. The molecule has 2 N–H and O–H groups in total. The summed E-state index contributed by atoms with van der Waals surface area (Å²) in [5, 5.41) is 4.20. The first-order valence-electron chi connectivity index (χ1n) is 5.73. The topological polar surface area (TPSA) is 87.2 Å². The molecule has 0 aliphatic heterocycles. The zero-order chi connectivity index (χ0) is 14.4. The molecule has 6 nitrogen and oxygen atoms in total. The lowest BCUT2D eigenvalue weighted by atomic mass is 10.2. The normalized spacial score (nSPS) is 10.7. The maximum Gasteiger partial charge on any atom is 0.290 e. The molecule has 20 heavy (non-hydrogen) atoms. The summed E-state index contributed by atoms with van der Waals surface area (Å²) in [7, 11) is 0. The van der Waals surface area contributed by atoms with Crippen molar-refractivity contribution >= 4 is 23.9 Å². The van der Waals surface area contributed by atoms with Crippen LogP contribution in [-0.4, -0.2) is 28.3 Å². The minimum absolute atomic E-state index is 0.0308. The Morgan fingerprint density at radius 2 is 2.15 bits per heavy atom. The molecule has 2 aromatic rings. The number of carbonyl (C=O) groups excluding carboxylic acids is 1. The van der Waals surface area contributed by atoms with E-state index in [1.54, 1.807) is 6.26 Å². The van der Waals surface area contributed by atoms with E-state index in [1.807, 2.05) is 30.3 Å². The van der Waals surface area contributed by atoms with Crippen molar-refractivity contribution in [2.24, 2.45) is 5.10 Å². The number of hydrogen-bond donors (Lipinski definition) is 2. The van der Waals surface area contributed by atoms with Crippen LogP contribution >= 0.6 is 11.8 Å². The van der Waals surface area contributed by atoms with Crippen molar-refractivity contribution in [3.63, 3.8) is 0 Å². The summed E-state index contributed by atoms with van der Waals surface area (Å²) in [4.78, 5) is 29.7. The molecule has 0 atom stereocenters. The van der Waals surface area contributed by atoms with Crippen LogP contribution in [0.1, 0.15) is 16.1 Å². The molecule has 0 spiro atoms.